The normalized spacial score (nSPS) is 11.8. The van der Waals surface area contributed by atoms with E-state index < -0.39 is 0 Å². The summed E-state index contributed by atoms with van der Waals surface area (Å²) in [6.07, 6.45) is 1.65. The quantitative estimate of drug-likeness (QED) is 0.386. The Bertz CT molecular complexity index is 590. The zero-order chi connectivity index (χ0) is 13.1. The Hall–Kier alpha value is -1.88. The highest BCUT2D eigenvalue weighted by atomic mass is 32.2. The maximum absolute atomic E-state index is 8.82. The van der Waals surface area contributed by atoms with Crippen LogP contribution >= 0.6 is 11.8 Å². The molecule has 0 spiro atoms. The second-order valence-electron chi connectivity index (χ2n) is 3.93. The number of hydrogen-bond donors (Lipinski definition) is 2. The molecule has 0 bridgehead atoms. The molecule has 1 aromatic heterocycles. The van der Waals surface area contributed by atoms with Crippen LogP contribution in [0.15, 0.2) is 49.9 Å². The van der Waals surface area contributed by atoms with Crippen molar-refractivity contribution in [3.63, 3.8) is 0 Å². The van der Waals surface area contributed by atoms with E-state index >= 15 is 0 Å². The van der Waals surface area contributed by atoms with Crippen LogP contribution in [-0.4, -0.2) is 11.0 Å². The molecule has 4 nitrogen and oxygen atoms in total. The molecule has 5 heteroatoms. The van der Waals surface area contributed by atoms with Crippen LogP contribution in [-0.2, 0) is 0 Å². The molecule has 2 rings (SSSR count). The molecule has 3 N–H and O–H groups in total. The van der Waals surface area contributed by atoms with Gasteiger partial charge in [0.1, 0.15) is 5.76 Å². The summed E-state index contributed by atoms with van der Waals surface area (Å²) in [5.74, 6) is 0.966. The fourth-order valence-corrected chi connectivity index (χ4v) is 2.55. The van der Waals surface area contributed by atoms with Crippen LogP contribution < -0.4 is 5.73 Å². The van der Waals surface area contributed by atoms with Crippen LogP contribution in [0, 0.1) is 13.8 Å². The minimum Gasteiger partial charge on any atom is -0.468 e. The number of furan rings is 1. The van der Waals surface area contributed by atoms with Crippen LogP contribution in [0.2, 0.25) is 0 Å². The molecule has 94 valence electrons. The lowest BCUT2D eigenvalue weighted by atomic mass is 10.1. The summed E-state index contributed by atoms with van der Waals surface area (Å²) in [7, 11) is 0. The van der Waals surface area contributed by atoms with E-state index in [1.807, 2.05) is 38.1 Å². The van der Waals surface area contributed by atoms with Gasteiger partial charge in [0, 0.05) is 10.5 Å². The van der Waals surface area contributed by atoms with E-state index in [1.54, 1.807) is 6.26 Å². The molecule has 1 heterocycles. The molecule has 0 aliphatic carbocycles. The molecule has 0 fully saturated rings. The number of hydrogen-bond acceptors (Lipinski definition) is 4. The summed E-state index contributed by atoms with van der Waals surface area (Å²) in [6.45, 7) is 3.87. The summed E-state index contributed by atoms with van der Waals surface area (Å²) in [4.78, 5) is 1.95. The van der Waals surface area contributed by atoms with E-state index in [2.05, 4.69) is 5.16 Å². The van der Waals surface area contributed by atoms with Gasteiger partial charge < -0.3 is 15.4 Å². The van der Waals surface area contributed by atoms with Crippen LogP contribution in [0.3, 0.4) is 0 Å². The molecule has 0 amide bonds. The Morgan fingerprint density at radius 2 is 2.06 bits per heavy atom. The van der Waals surface area contributed by atoms with Crippen LogP contribution in [0.5, 0.6) is 0 Å². The SMILES string of the molecule is Cc1ccc(Sc2ccoc2C)c(/C(N)=N/O)c1. The van der Waals surface area contributed by atoms with Gasteiger partial charge in [0.15, 0.2) is 5.84 Å². The molecule has 0 unspecified atom stereocenters. The van der Waals surface area contributed by atoms with Gasteiger partial charge in [-0.1, -0.05) is 28.5 Å². The van der Waals surface area contributed by atoms with E-state index in [4.69, 9.17) is 15.4 Å². The van der Waals surface area contributed by atoms with Gasteiger partial charge in [-0.25, -0.2) is 0 Å². The minimum absolute atomic E-state index is 0.113. The molecular formula is C13H14N2O2S. The van der Waals surface area contributed by atoms with Gasteiger partial charge in [-0.05, 0) is 32.0 Å². The predicted molar refractivity (Wildman–Crippen MR) is 71.3 cm³/mol. The van der Waals surface area contributed by atoms with Crippen molar-refractivity contribution in [2.45, 2.75) is 23.6 Å². The van der Waals surface area contributed by atoms with Crippen LogP contribution in [0.4, 0.5) is 0 Å². The first-order valence-electron chi connectivity index (χ1n) is 5.42. The molecule has 0 atom stereocenters. The number of amidine groups is 1. The third-order valence-corrected chi connectivity index (χ3v) is 3.77. The first kappa shape index (κ1) is 12.6. The zero-order valence-corrected chi connectivity index (χ0v) is 11.0. The second kappa shape index (κ2) is 5.18. The van der Waals surface area contributed by atoms with Crippen molar-refractivity contribution in [1.29, 1.82) is 0 Å². The van der Waals surface area contributed by atoms with Gasteiger partial charge in [-0.3, -0.25) is 0 Å². The van der Waals surface area contributed by atoms with Gasteiger partial charge in [0.2, 0.25) is 0 Å². The fraction of sp³-hybridized carbons (Fsp3) is 0.154. The van der Waals surface area contributed by atoms with Crippen molar-refractivity contribution in [2.75, 3.05) is 0 Å². The first-order chi connectivity index (χ1) is 8.61. The van der Waals surface area contributed by atoms with Crippen molar-refractivity contribution in [3.05, 3.63) is 47.4 Å². The van der Waals surface area contributed by atoms with E-state index in [1.165, 1.54) is 11.8 Å². The summed E-state index contributed by atoms with van der Waals surface area (Å²) in [5, 5.41) is 11.9. The Labute approximate surface area is 109 Å². The van der Waals surface area contributed by atoms with Crippen molar-refractivity contribution in [2.24, 2.45) is 10.9 Å². The van der Waals surface area contributed by atoms with Crippen LogP contribution in [0.1, 0.15) is 16.9 Å². The summed E-state index contributed by atoms with van der Waals surface area (Å²) >= 11 is 1.53. The third kappa shape index (κ3) is 2.51. The fourth-order valence-electron chi connectivity index (χ4n) is 1.58. The predicted octanol–water partition coefficient (Wildman–Crippen LogP) is 3.14. The van der Waals surface area contributed by atoms with E-state index in [9.17, 15) is 0 Å². The average molecular weight is 262 g/mol. The van der Waals surface area contributed by atoms with E-state index in [0.717, 1.165) is 26.7 Å². The topological polar surface area (TPSA) is 71.8 Å². The van der Waals surface area contributed by atoms with Crippen molar-refractivity contribution in [1.82, 2.24) is 0 Å². The van der Waals surface area contributed by atoms with E-state index in [-0.39, 0.29) is 5.84 Å². The summed E-state index contributed by atoms with van der Waals surface area (Å²) < 4.78 is 5.26. The molecule has 2 aromatic rings. The lowest BCUT2D eigenvalue weighted by Crippen LogP contribution is -2.14. The van der Waals surface area contributed by atoms with E-state index in [0.29, 0.717) is 0 Å². The number of benzene rings is 1. The highest BCUT2D eigenvalue weighted by Crippen LogP contribution is 2.33. The molecular weight excluding hydrogens is 248 g/mol. The monoisotopic (exact) mass is 262 g/mol. The van der Waals surface area contributed by atoms with Gasteiger partial charge in [0.25, 0.3) is 0 Å². The van der Waals surface area contributed by atoms with Gasteiger partial charge in [0.05, 0.1) is 11.2 Å². The smallest absolute Gasteiger partial charge is 0.171 e. The van der Waals surface area contributed by atoms with Crippen molar-refractivity contribution < 1.29 is 9.62 Å². The van der Waals surface area contributed by atoms with Crippen molar-refractivity contribution in [3.8, 4) is 0 Å². The Morgan fingerprint density at radius 3 is 2.67 bits per heavy atom. The lowest BCUT2D eigenvalue weighted by Gasteiger charge is -2.08. The van der Waals surface area contributed by atoms with Crippen molar-refractivity contribution >= 4 is 17.6 Å². The van der Waals surface area contributed by atoms with Gasteiger partial charge in [-0.2, -0.15) is 0 Å². The number of nitrogens with two attached hydrogens (primary N) is 1. The maximum atomic E-state index is 8.82. The molecule has 0 saturated carbocycles. The first-order valence-corrected chi connectivity index (χ1v) is 6.24. The Morgan fingerprint density at radius 1 is 1.28 bits per heavy atom. The summed E-state index contributed by atoms with van der Waals surface area (Å²) in [5.41, 5.74) is 7.48. The second-order valence-corrected chi connectivity index (χ2v) is 5.01. The number of nitrogens with zero attached hydrogens (tertiary/aromatic N) is 1. The molecule has 1 aromatic carbocycles. The molecule has 0 saturated heterocycles. The minimum atomic E-state index is 0.113. The molecule has 0 aliphatic heterocycles. The lowest BCUT2D eigenvalue weighted by molar-refractivity contribution is 0.318. The zero-order valence-electron chi connectivity index (χ0n) is 10.2. The largest absolute Gasteiger partial charge is 0.468 e. The van der Waals surface area contributed by atoms with Crippen LogP contribution in [0.25, 0.3) is 0 Å². The van der Waals surface area contributed by atoms with Gasteiger partial charge in [-0.15, -0.1) is 0 Å². The average Bonchev–Trinajstić information content (AvgIpc) is 2.76. The number of aryl methyl sites for hydroxylation is 2. The Kier molecular flexibility index (Phi) is 3.62. The third-order valence-electron chi connectivity index (χ3n) is 2.55. The maximum Gasteiger partial charge on any atom is 0.171 e. The Balaban J connectivity index is 2.42. The number of oxime groups is 1. The number of rotatable bonds is 3. The molecule has 18 heavy (non-hydrogen) atoms. The highest BCUT2D eigenvalue weighted by Gasteiger charge is 2.11. The molecule has 0 radical (unpaired) electrons. The molecule has 0 aliphatic rings. The summed E-state index contributed by atoms with van der Waals surface area (Å²) in [6, 6.07) is 7.74. The van der Waals surface area contributed by atoms with Gasteiger partial charge >= 0.3 is 0 Å². The highest BCUT2D eigenvalue weighted by molar-refractivity contribution is 7.99. The standard InChI is InChI=1S/C13H14N2O2S/c1-8-3-4-12(10(7-8)13(14)15-16)18-11-5-6-17-9(11)2/h3-7,16H,1-2H3,(H2,14,15).